The number of furan rings is 2. The third-order valence-corrected chi connectivity index (χ3v) is 11.1. The van der Waals surface area contributed by atoms with E-state index in [1.165, 1.54) is 0 Å². The molecule has 8 aromatic carbocycles. The van der Waals surface area contributed by atoms with Crippen LogP contribution in [0.4, 0.5) is 0 Å². The van der Waals surface area contributed by atoms with Gasteiger partial charge in [-0.05, 0) is 48.0 Å². The van der Waals surface area contributed by atoms with Gasteiger partial charge in [0.15, 0.2) is 23.1 Å². The molecule has 0 bridgehead atoms. The number of hydrogen-bond donors (Lipinski definition) is 0. The first-order chi connectivity index (χ1) is 28.3. The van der Waals surface area contributed by atoms with E-state index < -0.39 is 0 Å². The number of para-hydroxylation sites is 2. The minimum absolute atomic E-state index is 0.572. The summed E-state index contributed by atoms with van der Waals surface area (Å²) in [5.74, 6) is 1.80. The quantitative estimate of drug-likeness (QED) is 0.176. The molecule has 0 aliphatic carbocycles. The Bertz CT molecular complexity index is 3450. The monoisotopic (exact) mass is 730 g/mol. The van der Waals surface area contributed by atoms with Gasteiger partial charge in [0.25, 0.3) is 0 Å². The Hall–Kier alpha value is -7.83. The van der Waals surface area contributed by atoms with Crippen LogP contribution in [0.1, 0.15) is 0 Å². The van der Waals surface area contributed by atoms with Crippen LogP contribution >= 0.6 is 0 Å². The van der Waals surface area contributed by atoms with Crippen molar-refractivity contribution >= 4 is 65.7 Å². The average Bonchev–Trinajstić information content (AvgIpc) is 3.97. The number of nitrogens with zero attached hydrogens (tertiary/aromatic N) is 4. The third kappa shape index (κ3) is 4.87. The summed E-state index contributed by atoms with van der Waals surface area (Å²) in [6, 6.07) is 62.5. The van der Waals surface area contributed by atoms with Crippen LogP contribution < -0.4 is 0 Å². The summed E-state index contributed by atoms with van der Waals surface area (Å²) in [6.45, 7) is 0. The van der Waals surface area contributed by atoms with Crippen LogP contribution in [0.25, 0.3) is 117 Å². The van der Waals surface area contributed by atoms with E-state index in [9.17, 15) is 0 Å². The van der Waals surface area contributed by atoms with Crippen LogP contribution in [0.3, 0.4) is 0 Å². The van der Waals surface area contributed by atoms with Gasteiger partial charge in [-0.1, -0.05) is 140 Å². The van der Waals surface area contributed by atoms with E-state index in [1.54, 1.807) is 0 Å². The number of fused-ring (bicyclic) bond motifs is 10. The maximum absolute atomic E-state index is 7.02. The normalized spacial score (nSPS) is 11.9. The van der Waals surface area contributed by atoms with Crippen molar-refractivity contribution in [2.75, 3.05) is 0 Å². The van der Waals surface area contributed by atoms with E-state index in [4.69, 9.17) is 23.8 Å². The van der Waals surface area contributed by atoms with Gasteiger partial charge in [0.1, 0.15) is 16.7 Å². The average molecular weight is 731 g/mol. The second-order valence-corrected chi connectivity index (χ2v) is 14.3. The molecule has 6 heteroatoms. The Labute approximate surface area is 325 Å². The first-order valence-corrected chi connectivity index (χ1v) is 19.0. The summed E-state index contributed by atoms with van der Waals surface area (Å²) in [5, 5.41) is 6.47. The predicted octanol–water partition coefficient (Wildman–Crippen LogP) is 13.4. The molecule has 0 saturated carbocycles. The molecule has 57 heavy (non-hydrogen) atoms. The van der Waals surface area contributed by atoms with Crippen molar-refractivity contribution in [3.8, 4) is 51.0 Å². The van der Waals surface area contributed by atoms with Crippen molar-refractivity contribution < 1.29 is 8.83 Å². The Morgan fingerprint density at radius 1 is 0.368 bits per heavy atom. The van der Waals surface area contributed by atoms with Gasteiger partial charge in [-0.15, -0.1) is 0 Å². The zero-order chi connectivity index (χ0) is 37.5. The molecule has 0 aliphatic heterocycles. The molecule has 0 atom stereocenters. The molecule has 0 amide bonds. The molecule has 0 saturated heterocycles. The zero-order valence-corrected chi connectivity index (χ0v) is 30.4. The highest BCUT2D eigenvalue weighted by Gasteiger charge is 2.24. The minimum atomic E-state index is 0.572. The van der Waals surface area contributed by atoms with Crippen LogP contribution in [-0.2, 0) is 0 Å². The maximum atomic E-state index is 7.02. The lowest BCUT2D eigenvalue weighted by Crippen LogP contribution is -2.00. The SMILES string of the molecule is c1ccc(-c2nc(-c3ccccc3)nc(-c3ccc4c(c3)oc3c(-c5ccccc5)ccc(-n5c6ccccc6c6ccc7c8ccccc8oc7c65)c34)n2)cc1. The lowest BCUT2D eigenvalue weighted by atomic mass is 10.0. The summed E-state index contributed by atoms with van der Waals surface area (Å²) < 4.78 is 16.1. The Morgan fingerprint density at radius 2 is 0.930 bits per heavy atom. The molecule has 4 heterocycles. The smallest absolute Gasteiger partial charge is 0.164 e. The van der Waals surface area contributed by atoms with Gasteiger partial charge in [0.05, 0.1) is 22.1 Å². The number of benzene rings is 8. The van der Waals surface area contributed by atoms with Crippen molar-refractivity contribution in [2.45, 2.75) is 0 Å². The first kappa shape index (κ1) is 31.5. The van der Waals surface area contributed by atoms with Gasteiger partial charge in [-0.2, -0.15) is 0 Å². The second-order valence-electron chi connectivity index (χ2n) is 14.3. The Balaban J connectivity index is 1.15. The minimum Gasteiger partial charge on any atom is -0.455 e. The summed E-state index contributed by atoms with van der Waals surface area (Å²) in [7, 11) is 0. The Morgan fingerprint density at radius 3 is 1.65 bits per heavy atom. The molecule has 6 nitrogen and oxygen atoms in total. The van der Waals surface area contributed by atoms with Crippen molar-refractivity contribution in [3.63, 3.8) is 0 Å². The van der Waals surface area contributed by atoms with E-state index >= 15 is 0 Å². The van der Waals surface area contributed by atoms with Crippen molar-refractivity contribution in [1.82, 2.24) is 19.5 Å². The van der Waals surface area contributed by atoms with Gasteiger partial charge >= 0.3 is 0 Å². The second kappa shape index (κ2) is 12.3. The van der Waals surface area contributed by atoms with Gasteiger partial charge in [-0.3, -0.25) is 0 Å². The van der Waals surface area contributed by atoms with Gasteiger partial charge in [-0.25, -0.2) is 15.0 Å². The molecule has 0 spiro atoms. The fraction of sp³-hybridized carbons (Fsp3) is 0. The van der Waals surface area contributed by atoms with Gasteiger partial charge in [0, 0.05) is 49.2 Å². The summed E-state index contributed by atoms with van der Waals surface area (Å²) in [5.41, 5.74) is 11.2. The first-order valence-electron chi connectivity index (χ1n) is 19.0. The van der Waals surface area contributed by atoms with Crippen LogP contribution in [0.15, 0.2) is 191 Å². The fourth-order valence-electron chi connectivity index (χ4n) is 8.45. The summed E-state index contributed by atoms with van der Waals surface area (Å²) in [4.78, 5) is 15.0. The predicted molar refractivity (Wildman–Crippen MR) is 230 cm³/mol. The largest absolute Gasteiger partial charge is 0.455 e. The van der Waals surface area contributed by atoms with Crippen molar-refractivity contribution in [3.05, 3.63) is 182 Å². The highest BCUT2D eigenvalue weighted by Crippen LogP contribution is 2.45. The van der Waals surface area contributed by atoms with E-state index in [0.29, 0.717) is 17.5 Å². The highest BCUT2D eigenvalue weighted by atomic mass is 16.3. The van der Waals surface area contributed by atoms with Gasteiger partial charge in [0.2, 0.25) is 0 Å². The molecule has 4 aromatic heterocycles. The van der Waals surface area contributed by atoms with E-state index in [1.807, 2.05) is 78.9 Å². The molecule has 266 valence electrons. The summed E-state index contributed by atoms with van der Waals surface area (Å²) >= 11 is 0. The van der Waals surface area contributed by atoms with E-state index in [0.717, 1.165) is 99.2 Å². The molecule has 12 aromatic rings. The molecule has 0 N–H and O–H groups in total. The van der Waals surface area contributed by atoms with Crippen molar-refractivity contribution in [2.24, 2.45) is 0 Å². The van der Waals surface area contributed by atoms with Gasteiger partial charge < -0.3 is 13.4 Å². The standard InChI is InChI=1S/C51H30N4O2/c1-4-14-31(15-5-1)35-28-29-42(55-41-22-12-10-20-36(41)38-26-27-39-37-21-11-13-23-43(37)56-48(39)46(38)55)45-40-25-24-34(30-44(40)57-47(35)45)51-53-49(32-16-6-2-7-17-32)52-50(54-51)33-18-8-3-9-19-33/h1-30H. The van der Waals surface area contributed by atoms with E-state index in [2.05, 4.69) is 108 Å². The van der Waals surface area contributed by atoms with Crippen LogP contribution in [-0.4, -0.2) is 19.5 Å². The lowest BCUT2D eigenvalue weighted by molar-refractivity contribution is 0.669. The van der Waals surface area contributed by atoms with Crippen molar-refractivity contribution in [1.29, 1.82) is 0 Å². The zero-order valence-electron chi connectivity index (χ0n) is 30.4. The highest BCUT2D eigenvalue weighted by molar-refractivity contribution is 6.23. The molecular formula is C51H30N4O2. The molecule has 0 radical (unpaired) electrons. The maximum Gasteiger partial charge on any atom is 0.164 e. The number of hydrogen-bond acceptors (Lipinski definition) is 5. The lowest BCUT2D eigenvalue weighted by Gasteiger charge is -2.12. The topological polar surface area (TPSA) is 69.9 Å². The van der Waals surface area contributed by atoms with Crippen LogP contribution in [0.5, 0.6) is 0 Å². The van der Waals surface area contributed by atoms with E-state index in [-0.39, 0.29) is 0 Å². The third-order valence-electron chi connectivity index (χ3n) is 11.1. The summed E-state index contributed by atoms with van der Waals surface area (Å²) in [6.07, 6.45) is 0. The molecule has 0 unspecified atom stereocenters. The fourth-order valence-corrected chi connectivity index (χ4v) is 8.45. The number of aromatic nitrogens is 4. The van der Waals surface area contributed by atoms with Crippen LogP contribution in [0, 0.1) is 0 Å². The van der Waals surface area contributed by atoms with Crippen LogP contribution in [0.2, 0.25) is 0 Å². The Kier molecular flexibility index (Phi) is 6.83. The molecule has 0 fully saturated rings. The number of rotatable bonds is 5. The molecular weight excluding hydrogens is 701 g/mol. The molecule has 0 aliphatic rings. The molecule has 12 rings (SSSR count).